The second-order valence-electron chi connectivity index (χ2n) is 11.7. The molecule has 230 valence electrons. The Morgan fingerprint density at radius 1 is 1.07 bits per heavy atom. The van der Waals surface area contributed by atoms with Crippen LogP contribution in [0.25, 0.3) is 22.7 Å². The third-order valence-electron chi connectivity index (χ3n) is 8.49. The van der Waals surface area contributed by atoms with Gasteiger partial charge in [0, 0.05) is 34.7 Å². The van der Waals surface area contributed by atoms with Crippen molar-refractivity contribution in [2.45, 2.75) is 82.5 Å². The quantitative estimate of drug-likeness (QED) is 0.214. The van der Waals surface area contributed by atoms with Gasteiger partial charge in [0.25, 0.3) is 0 Å². The molecule has 2 unspecified atom stereocenters. The lowest BCUT2D eigenvalue weighted by atomic mass is 9.99. The van der Waals surface area contributed by atoms with Crippen molar-refractivity contribution in [1.29, 1.82) is 0 Å². The van der Waals surface area contributed by atoms with Crippen LogP contribution in [-0.4, -0.2) is 51.0 Å². The lowest BCUT2D eigenvalue weighted by Crippen LogP contribution is -2.45. The third-order valence-corrected chi connectivity index (χ3v) is 8.49. The molecule has 7 rings (SSSR count). The summed E-state index contributed by atoms with van der Waals surface area (Å²) >= 11 is 0. The van der Waals surface area contributed by atoms with Crippen LogP contribution in [-0.2, 0) is 11.3 Å². The highest BCUT2D eigenvalue weighted by atomic mass is 19.4. The molecule has 2 aromatic heterocycles. The zero-order valence-electron chi connectivity index (χ0n) is 23.7. The van der Waals surface area contributed by atoms with E-state index in [4.69, 9.17) is 13.7 Å². The summed E-state index contributed by atoms with van der Waals surface area (Å²) in [4.78, 5) is 13.6. The van der Waals surface area contributed by atoms with Gasteiger partial charge in [0.1, 0.15) is 17.2 Å². The number of carboxylic acids is 1. The van der Waals surface area contributed by atoms with Crippen LogP contribution in [0.5, 0.6) is 5.75 Å². The zero-order valence-corrected chi connectivity index (χ0v) is 23.7. The summed E-state index contributed by atoms with van der Waals surface area (Å²) in [6.45, 7) is 1.96. The predicted octanol–water partition coefficient (Wildman–Crippen LogP) is 6.89. The smallest absolute Gasteiger partial charge is 0.478 e. The van der Waals surface area contributed by atoms with Gasteiger partial charge < -0.3 is 28.4 Å². The summed E-state index contributed by atoms with van der Waals surface area (Å²) in [7, 11) is 0. The number of anilines is 1. The molecular weight excluding hydrogens is 581 g/mol. The highest BCUT2D eigenvalue weighted by Crippen LogP contribution is 2.46. The molecule has 1 N–H and O–H groups in total. The van der Waals surface area contributed by atoms with Crippen LogP contribution in [0.2, 0.25) is 0 Å². The SMILES string of the molecule is Cc1cc(C(=O)O)cc(-c2nnc(N3C4CCC3CC(OCc3c(-c5ccccc5OC(F)(F)F)noc3C3CC3)C4)o2)c1. The molecule has 1 aliphatic carbocycles. The maximum Gasteiger partial charge on any atom is 0.573 e. The topological polar surface area (TPSA) is 124 Å². The molecule has 2 bridgehead atoms. The number of benzene rings is 2. The monoisotopic (exact) mass is 610 g/mol. The number of carboxylic acid groups (broad SMARTS) is 1. The number of ether oxygens (including phenoxy) is 2. The maximum absolute atomic E-state index is 13.1. The summed E-state index contributed by atoms with van der Waals surface area (Å²) in [6.07, 6.45) is 0.160. The van der Waals surface area contributed by atoms with Crippen molar-refractivity contribution in [3.8, 4) is 28.5 Å². The molecule has 0 radical (unpaired) electrons. The highest BCUT2D eigenvalue weighted by Gasteiger charge is 2.44. The Bertz CT molecular complexity index is 1680. The molecule has 0 spiro atoms. The largest absolute Gasteiger partial charge is 0.573 e. The molecule has 1 saturated carbocycles. The van der Waals surface area contributed by atoms with E-state index < -0.39 is 12.3 Å². The molecule has 44 heavy (non-hydrogen) atoms. The number of para-hydroxylation sites is 1. The van der Waals surface area contributed by atoms with Crippen LogP contribution in [0.15, 0.2) is 51.4 Å². The number of nitrogens with zero attached hydrogens (tertiary/aromatic N) is 4. The molecule has 3 fully saturated rings. The molecule has 4 heterocycles. The molecular formula is C31H29F3N4O6. The van der Waals surface area contributed by atoms with Crippen molar-refractivity contribution < 1.29 is 41.5 Å². The first kappa shape index (κ1) is 28.4. The second kappa shape index (κ2) is 11.0. The van der Waals surface area contributed by atoms with E-state index >= 15 is 0 Å². The molecule has 3 aliphatic rings. The number of fused-ring (bicyclic) bond motifs is 2. The summed E-state index contributed by atoms with van der Waals surface area (Å²) in [5.41, 5.74) is 2.62. The number of aryl methyl sites for hydroxylation is 1. The number of aromatic nitrogens is 3. The number of carbonyl (C=O) groups is 1. The van der Waals surface area contributed by atoms with E-state index in [1.165, 1.54) is 24.3 Å². The minimum absolute atomic E-state index is 0.0995. The third kappa shape index (κ3) is 5.63. The van der Waals surface area contributed by atoms with E-state index in [1.807, 2.05) is 6.92 Å². The first-order chi connectivity index (χ1) is 21.1. The number of halogens is 3. The number of alkyl halides is 3. The van der Waals surface area contributed by atoms with Crippen LogP contribution in [0.4, 0.5) is 19.2 Å². The lowest BCUT2D eigenvalue weighted by molar-refractivity contribution is -0.274. The van der Waals surface area contributed by atoms with E-state index in [9.17, 15) is 23.1 Å². The van der Waals surface area contributed by atoms with Gasteiger partial charge in [-0.25, -0.2) is 4.79 Å². The molecule has 2 aromatic carbocycles. The summed E-state index contributed by atoms with van der Waals surface area (Å²) in [5, 5.41) is 22.1. The molecule has 10 nitrogen and oxygen atoms in total. The van der Waals surface area contributed by atoms with E-state index in [1.54, 1.807) is 18.2 Å². The number of aromatic carboxylic acids is 1. The summed E-state index contributed by atoms with van der Waals surface area (Å²) < 4.78 is 61.8. The summed E-state index contributed by atoms with van der Waals surface area (Å²) in [5.74, 6) is -0.285. The van der Waals surface area contributed by atoms with Gasteiger partial charge in [-0.3, -0.25) is 0 Å². The fourth-order valence-corrected chi connectivity index (χ4v) is 6.46. The first-order valence-corrected chi connectivity index (χ1v) is 14.6. The van der Waals surface area contributed by atoms with Gasteiger partial charge >= 0.3 is 18.3 Å². The first-order valence-electron chi connectivity index (χ1n) is 14.6. The van der Waals surface area contributed by atoms with E-state index in [0.717, 1.165) is 31.2 Å². The molecule has 4 aromatic rings. The van der Waals surface area contributed by atoms with Crippen LogP contribution in [0.3, 0.4) is 0 Å². The Hall–Kier alpha value is -4.39. The van der Waals surface area contributed by atoms with E-state index in [0.29, 0.717) is 41.4 Å². The van der Waals surface area contributed by atoms with Crippen LogP contribution < -0.4 is 9.64 Å². The van der Waals surface area contributed by atoms with Gasteiger partial charge in [0.2, 0.25) is 5.89 Å². The van der Waals surface area contributed by atoms with Crippen molar-refractivity contribution in [3.63, 3.8) is 0 Å². The van der Waals surface area contributed by atoms with Crippen molar-refractivity contribution in [1.82, 2.24) is 15.4 Å². The van der Waals surface area contributed by atoms with Gasteiger partial charge in [0.15, 0.2) is 0 Å². The molecule has 13 heteroatoms. The zero-order chi connectivity index (χ0) is 30.6. The number of piperidine rings is 1. The Morgan fingerprint density at radius 2 is 1.82 bits per heavy atom. The standard InChI is InChI=1S/C31H29F3N4O6/c1-16-10-18(12-19(11-16)29(39)40)28-35-36-30(42-28)38-20-8-9-21(38)14-22(13-20)41-15-24-26(37-44-27(24)17-6-7-17)23-4-2-3-5-25(23)43-31(32,33)34/h2-5,10-12,17,20-22H,6-9,13-15H2,1H3,(H,39,40). The normalized spacial score (nSPS) is 21.5. The molecule has 0 amide bonds. The number of hydrogen-bond donors (Lipinski definition) is 1. The Labute approximate surface area is 249 Å². The van der Waals surface area contributed by atoms with Crippen molar-refractivity contribution in [2.24, 2.45) is 0 Å². The van der Waals surface area contributed by atoms with E-state index in [-0.39, 0.29) is 53.5 Å². The fraction of sp³-hybridized carbons (Fsp3) is 0.419. The highest BCUT2D eigenvalue weighted by molar-refractivity contribution is 5.89. The number of rotatable bonds is 9. The van der Waals surface area contributed by atoms with Gasteiger partial charge in [0.05, 0.1) is 18.3 Å². The van der Waals surface area contributed by atoms with Crippen molar-refractivity contribution >= 4 is 12.0 Å². The van der Waals surface area contributed by atoms with E-state index in [2.05, 4.69) is 25.0 Å². The fourth-order valence-electron chi connectivity index (χ4n) is 6.46. The Balaban J connectivity index is 1.07. The number of hydrogen-bond acceptors (Lipinski definition) is 9. The summed E-state index contributed by atoms with van der Waals surface area (Å²) in [6, 6.07) is 11.4. The van der Waals surface area contributed by atoms with Crippen LogP contribution in [0.1, 0.15) is 71.7 Å². The average Bonchev–Trinajstić information content (AvgIpc) is 3.43. The Morgan fingerprint density at radius 3 is 2.52 bits per heavy atom. The second-order valence-corrected chi connectivity index (χ2v) is 11.7. The predicted molar refractivity (Wildman–Crippen MR) is 149 cm³/mol. The molecule has 2 atom stereocenters. The lowest BCUT2D eigenvalue weighted by Gasteiger charge is -2.37. The minimum atomic E-state index is -4.84. The van der Waals surface area contributed by atoms with Gasteiger partial charge in [-0.05, 0) is 81.3 Å². The van der Waals surface area contributed by atoms with Crippen LogP contribution >= 0.6 is 0 Å². The van der Waals surface area contributed by atoms with Gasteiger partial charge in [-0.1, -0.05) is 22.4 Å². The maximum atomic E-state index is 13.1. The van der Waals surface area contributed by atoms with Crippen LogP contribution in [0, 0.1) is 6.92 Å². The Kier molecular flexibility index (Phi) is 7.07. The van der Waals surface area contributed by atoms with Gasteiger partial charge in [-0.2, -0.15) is 0 Å². The van der Waals surface area contributed by atoms with Crippen molar-refractivity contribution in [2.75, 3.05) is 4.90 Å². The minimum Gasteiger partial charge on any atom is -0.478 e. The molecule has 2 saturated heterocycles. The van der Waals surface area contributed by atoms with Crippen molar-refractivity contribution in [3.05, 3.63) is 64.9 Å². The molecule has 2 aliphatic heterocycles. The van der Waals surface area contributed by atoms with Gasteiger partial charge in [-0.15, -0.1) is 18.3 Å². The average molecular weight is 611 g/mol.